The van der Waals surface area contributed by atoms with Gasteiger partial charge < -0.3 is 14.2 Å². The molecule has 1 saturated heterocycles. The minimum atomic E-state index is 0.675. The van der Waals surface area contributed by atoms with Crippen LogP contribution in [0.15, 0.2) is 55.4 Å². The fourth-order valence-corrected chi connectivity index (χ4v) is 3.36. The van der Waals surface area contributed by atoms with Gasteiger partial charge in [0.25, 0.3) is 0 Å². The van der Waals surface area contributed by atoms with Gasteiger partial charge in [-0.15, -0.1) is 0 Å². The Bertz CT molecular complexity index is 1080. The van der Waals surface area contributed by atoms with Gasteiger partial charge in [0.1, 0.15) is 17.5 Å². The van der Waals surface area contributed by atoms with Crippen LogP contribution < -0.4 is 4.90 Å². The first kappa shape index (κ1) is 16.8. The normalized spacial score (nSPS) is 14.5. The largest absolute Gasteiger partial charge is 0.378 e. The van der Waals surface area contributed by atoms with Gasteiger partial charge in [0.05, 0.1) is 26.1 Å². The molecule has 1 aliphatic heterocycles. The van der Waals surface area contributed by atoms with Crippen molar-refractivity contribution in [3.63, 3.8) is 0 Å². The summed E-state index contributed by atoms with van der Waals surface area (Å²) >= 11 is 0. The molecule has 8 heteroatoms. The van der Waals surface area contributed by atoms with Crippen molar-refractivity contribution in [3.8, 4) is 11.3 Å². The fraction of sp³-hybridized carbons (Fsp3) is 0.250. The van der Waals surface area contributed by atoms with Crippen LogP contribution in [0, 0.1) is 0 Å². The zero-order valence-electron chi connectivity index (χ0n) is 15.3. The highest BCUT2D eigenvalue weighted by molar-refractivity contribution is 5.88. The van der Waals surface area contributed by atoms with E-state index >= 15 is 0 Å². The Hall–Kier alpha value is -3.39. The number of anilines is 1. The molecule has 0 radical (unpaired) electrons. The second-order valence-electron chi connectivity index (χ2n) is 6.63. The van der Waals surface area contributed by atoms with Crippen LogP contribution in [0.25, 0.3) is 22.4 Å². The molecule has 8 nitrogen and oxygen atoms in total. The van der Waals surface area contributed by atoms with Crippen molar-refractivity contribution in [2.75, 3.05) is 31.2 Å². The number of ether oxygens (including phenoxy) is 1. The van der Waals surface area contributed by atoms with Gasteiger partial charge in [-0.05, 0) is 5.56 Å². The van der Waals surface area contributed by atoms with E-state index < -0.39 is 0 Å². The molecular weight excluding hydrogens is 354 g/mol. The summed E-state index contributed by atoms with van der Waals surface area (Å²) in [6, 6.07) is 10.3. The van der Waals surface area contributed by atoms with Crippen LogP contribution in [0.5, 0.6) is 0 Å². The molecule has 0 spiro atoms. The zero-order valence-corrected chi connectivity index (χ0v) is 15.3. The number of aromatic nitrogens is 6. The lowest BCUT2D eigenvalue weighted by molar-refractivity contribution is 0.122. The summed E-state index contributed by atoms with van der Waals surface area (Å²) in [6.07, 6.45) is 6.85. The summed E-state index contributed by atoms with van der Waals surface area (Å²) in [5.74, 6) is 0.685. The van der Waals surface area contributed by atoms with Gasteiger partial charge in [-0.1, -0.05) is 30.3 Å². The van der Waals surface area contributed by atoms with Gasteiger partial charge in [-0.3, -0.25) is 0 Å². The maximum atomic E-state index is 5.48. The van der Waals surface area contributed by atoms with Gasteiger partial charge in [0.15, 0.2) is 5.65 Å². The van der Waals surface area contributed by atoms with E-state index in [1.54, 1.807) is 12.4 Å². The Balaban J connectivity index is 1.65. The van der Waals surface area contributed by atoms with Crippen LogP contribution in [0.4, 0.5) is 5.95 Å². The number of fused-ring (bicyclic) bond motifs is 1. The third-order valence-electron chi connectivity index (χ3n) is 4.78. The van der Waals surface area contributed by atoms with Crippen LogP contribution in [0.2, 0.25) is 0 Å². The van der Waals surface area contributed by atoms with Crippen molar-refractivity contribution in [1.82, 2.24) is 29.5 Å². The third-order valence-corrected chi connectivity index (χ3v) is 4.78. The lowest BCUT2D eigenvalue weighted by Gasteiger charge is -2.27. The molecule has 4 aromatic rings. The molecule has 1 fully saturated rings. The summed E-state index contributed by atoms with van der Waals surface area (Å²) < 4.78 is 7.54. The lowest BCUT2D eigenvalue weighted by atomic mass is 10.2. The Morgan fingerprint density at radius 2 is 1.75 bits per heavy atom. The minimum Gasteiger partial charge on any atom is -0.378 e. The monoisotopic (exact) mass is 373 g/mol. The quantitative estimate of drug-likeness (QED) is 0.542. The average molecular weight is 373 g/mol. The highest BCUT2D eigenvalue weighted by Gasteiger charge is 2.20. The standard InChI is InChI=1S/C20H19N7O/c1-2-4-15(5-3-1)12-27-14-23-18-17(16-10-21-13-22-11-16)24-20(25-19(18)27)26-6-8-28-9-7-26/h1-5,10-11,13-14H,6-9,12H2. The summed E-state index contributed by atoms with van der Waals surface area (Å²) in [4.78, 5) is 24.7. The number of morpholine rings is 1. The molecule has 0 N–H and O–H groups in total. The zero-order chi connectivity index (χ0) is 18.8. The fourth-order valence-electron chi connectivity index (χ4n) is 3.36. The van der Waals surface area contributed by atoms with E-state index in [4.69, 9.17) is 14.7 Å². The second kappa shape index (κ2) is 7.32. The van der Waals surface area contributed by atoms with E-state index in [2.05, 4.69) is 36.6 Å². The van der Waals surface area contributed by atoms with Crippen LogP contribution in [-0.4, -0.2) is 55.8 Å². The van der Waals surface area contributed by atoms with Crippen LogP contribution >= 0.6 is 0 Å². The second-order valence-corrected chi connectivity index (χ2v) is 6.63. The molecule has 0 saturated carbocycles. The van der Waals surface area contributed by atoms with Crippen molar-refractivity contribution in [2.45, 2.75) is 6.54 Å². The number of benzene rings is 1. The Morgan fingerprint density at radius 1 is 0.964 bits per heavy atom. The molecule has 0 atom stereocenters. The van der Waals surface area contributed by atoms with Crippen molar-refractivity contribution < 1.29 is 4.74 Å². The predicted octanol–water partition coefficient (Wildman–Crippen LogP) is 2.17. The number of nitrogens with zero attached hydrogens (tertiary/aromatic N) is 7. The Labute approximate surface area is 161 Å². The minimum absolute atomic E-state index is 0.675. The van der Waals surface area contributed by atoms with E-state index in [0.29, 0.717) is 25.7 Å². The maximum absolute atomic E-state index is 5.48. The highest BCUT2D eigenvalue weighted by Crippen LogP contribution is 2.27. The van der Waals surface area contributed by atoms with Crippen LogP contribution in [-0.2, 0) is 11.3 Å². The molecule has 1 aromatic carbocycles. The van der Waals surface area contributed by atoms with Gasteiger partial charge in [-0.2, -0.15) is 4.98 Å². The van der Waals surface area contributed by atoms with Gasteiger partial charge in [0, 0.05) is 31.0 Å². The Morgan fingerprint density at radius 3 is 2.54 bits per heavy atom. The van der Waals surface area contributed by atoms with Gasteiger partial charge in [-0.25, -0.2) is 19.9 Å². The van der Waals surface area contributed by atoms with Gasteiger partial charge >= 0.3 is 0 Å². The SMILES string of the molecule is c1ccc(Cn2cnc3c(-c4cncnc4)nc(N4CCOCC4)nc32)cc1. The molecule has 5 rings (SSSR count). The summed E-state index contributed by atoms with van der Waals surface area (Å²) in [5, 5.41) is 0. The molecule has 4 heterocycles. The molecule has 3 aromatic heterocycles. The highest BCUT2D eigenvalue weighted by atomic mass is 16.5. The van der Waals surface area contributed by atoms with E-state index in [9.17, 15) is 0 Å². The molecule has 0 amide bonds. The van der Waals surface area contributed by atoms with Gasteiger partial charge in [0.2, 0.25) is 5.95 Å². The number of imidazole rings is 1. The van der Waals surface area contributed by atoms with Crippen molar-refractivity contribution in [2.24, 2.45) is 0 Å². The Kier molecular flexibility index (Phi) is 4.38. The smallest absolute Gasteiger partial charge is 0.228 e. The third kappa shape index (κ3) is 3.18. The topological polar surface area (TPSA) is 81.9 Å². The van der Waals surface area contributed by atoms with Crippen molar-refractivity contribution in [3.05, 3.63) is 60.9 Å². The first-order valence-corrected chi connectivity index (χ1v) is 9.23. The molecule has 0 aliphatic carbocycles. The number of hydrogen-bond donors (Lipinski definition) is 0. The molecular formula is C20H19N7O. The number of rotatable bonds is 4. The van der Waals surface area contributed by atoms with E-state index in [0.717, 1.165) is 35.5 Å². The maximum Gasteiger partial charge on any atom is 0.228 e. The molecule has 1 aliphatic rings. The number of hydrogen-bond acceptors (Lipinski definition) is 7. The predicted molar refractivity (Wildman–Crippen MR) is 105 cm³/mol. The van der Waals surface area contributed by atoms with Crippen LogP contribution in [0.3, 0.4) is 0 Å². The summed E-state index contributed by atoms with van der Waals surface area (Å²) in [7, 11) is 0. The van der Waals surface area contributed by atoms with E-state index in [-0.39, 0.29) is 0 Å². The van der Waals surface area contributed by atoms with Crippen LogP contribution in [0.1, 0.15) is 5.56 Å². The lowest BCUT2D eigenvalue weighted by Crippen LogP contribution is -2.37. The molecule has 0 unspecified atom stereocenters. The van der Waals surface area contributed by atoms with Crippen molar-refractivity contribution >= 4 is 17.1 Å². The first-order chi connectivity index (χ1) is 13.9. The van der Waals surface area contributed by atoms with Crippen molar-refractivity contribution in [1.29, 1.82) is 0 Å². The molecule has 140 valence electrons. The van der Waals surface area contributed by atoms with E-state index in [1.807, 2.05) is 24.5 Å². The summed E-state index contributed by atoms with van der Waals surface area (Å²) in [5.41, 5.74) is 4.33. The van der Waals surface area contributed by atoms with E-state index in [1.165, 1.54) is 11.9 Å². The first-order valence-electron chi connectivity index (χ1n) is 9.23. The molecule has 28 heavy (non-hydrogen) atoms. The average Bonchev–Trinajstić information content (AvgIpc) is 3.18. The molecule has 0 bridgehead atoms. The summed E-state index contributed by atoms with van der Waals surface area (Å²) in [6.45, 7) is 3.58.